The number of aliphatic hydroxyl groups is 2. The highest BCUT2D eigenvalue weighted by Gasteiger charge is 2.55. The number of nitrogens with one attached hydrogen (secondary N) is 1. The van der Waals surface area contributed by atoms with Crippen LogP contribution in [0.4, 0.5) is 0 Å². The van der Waals surface area contributed by atoms with Gasteiger partial charge in [-0.3, -0.25) is 0 Å². The standard InChI is InChI=1S/C20H30O2.C2H7N/c1-13-12-19(2)8-3-4-18(19)20(22)9-7-14-5-6-16(21)10-15(14)11-17(13)20;1-3-2/h11,14,16,18,21-22H,3-10,12H2,1-2H3;3H,1-2H3/t14?,16?,18?,19?,20-;/m1./s1. The molecule has 0 spiro atoms. The second kappa shape index (κ2) is 7.17. The van der Waals surface area contributed by atoms with E-state index >= 15 is 0 Å². The fourth-order valence-electron chi connectivity index (χ4n) is 6.28. The molecule has 3 nitrogen and oxygen atoms in total. The van der Waals surface area contributed by atoms with Crippen molar-refractivity contribution < 1.29 is 10.2 Å². The van der Waals surface area contributed by atoms with Crippen LogP contribution in [-0.2, 0) is 0 Å². The molecule has 4 unspecified atom stereocenters. The van der Waals surface area contributed by atoms with Crippen molar-refractivity contribution in [1.82, 2.24) is 5.32 Å². The molecule has 142 valence electrons. The number of allylic oxidation sites excluding steroid dienone is 1. The molecular weight excluding hydrogens is 310 g/mol. The van der Waals surface area contributed by atoms with Crippen molar-refractivity contribution in [2.45, 2.75) is 83.3 Å². The van der Waals surface area contributed by atoms with Gasteiger partial charge < -0.3 is 15.5 Å². The Hall–Kier alpha value is -0.640. The second-order valence-electron chi connectivity index (χ2n) is 9.28. The molecule has 0 heterocycles. The maximum Gasteiger partial charge on any atom is 0.0929 e. The number of hydrogen-bond acceptors (Lipinski definition) is 3. The van der Waals surface area contributed by atoms with E-state index in [4.69, 9.17) is 0 Å². The van der Waals surface area contributed by atoms with Gasteiger partial charge in [-0.05, 0) is 95.2 Å². The number of fused-ring (bicyclic) bond motifs is 4. The largest absolute Gasteiger partial charge is 0.393 e. The molecule has 2 fully saturated rings. The first-order chi connectivity index (χ1) is 11.8. The summed E-state index contributed by atoms with van der Waals surface area (Å²) in [6.45, 7) is 4.63. The van der Waals surface area contributed by atoms with E-state index in [1.165, 1.54) is 36.0 Å². The molecular formula is C22H37NO2. The summed E-state index contributed by atoms with van der Waals surface area (Å²) in [4.78, 5) is 0. The zero-order chi connectivity index (χ0) is 18.2. The van der Waals surface area contributed by atoms with E-state index in [9.17, 15) is 10.2 Å². The summed E-state index contributed by atoms with van der Waals surface area (Å²) in [5.74, 6) is 1.02. The van der Waals surface area contributed by atoms with Crippen LogP contribution in [0.3, 0.4) is 0 Å². The molecule has 3 N–H and O–H groups in total. The van der Waals surface area contributed by atoms with Gasteiger partial charge in [0.25, 0.3) is 0 Å². The van der Waals surface area contributed by atoms with E-state index in [1.807, 2.05) is 14.1 Å². The summed E-state index contributed by atoms with van der Waals surface area (Å²) >= 11 is 0. The second-order valence-corrected chi connectivity index (χ2v) is 9.28. The average molecular weight is 348 g/mol. The van der Waals surface area contributed by atoms with E-state index in [1.54, 1.807) is 0 Å². The molecule has 2 saturated carbocycles. The van der Waals surface area contributed by atoms with Crippen LogP contribution in [0.25, 0.3) is 0 Å². The molecule has 0 aromatic rings. The minimum Gasteiger partial charge on any atom is -0.393 e. The van der Waals surface area contributed by atoms with Gasteiger partial charge in [0.15, 0.2) is 0 Å². The summed E-state index contributed by atoms with van der Waals surface area (Å²) in [6, 6.07) is 0. The number of rotatable bonds is 0. The Balaban J connectivity index is 0.000000569. The Bertz CT molecular complexity index is 566. The maximum absolute atomic E-state index is 11.7. The smallest absolute Gasteiger partial charge is 0.0929 e. The first-order valence-corrected chi connectivity index (χ1v) is 10.2. The summed E-state index contributed by atoms with van der Waals surface area (Å²) in [5, 5.41) is 24.5. The molecule has 3 heteroatoms. The highest BCUT2D eigenvalue weighted by molar-refractivity contribution is 5.43. The summed E-state index contributed by atoms with van der Waals surface area (Å²) in [6.07, 6.45) is 11.9. The Morgan fingerprint density at radius 2 is 1.84 bits per heavy atom. The minimum absolute atomic E-state index is 0.171. The quantitative estimate of drug-likeness (QED) is 0.622. The summed E-state index contributed by atoms with van der Waals surface area (Å²) in [7, 11) is 3.75. The molecule has 4 aliphatic rings. The van der Waals surface area contributed by atoms with Gasteiger partial charge in [-0.25, -0.2) is 0 Å². The Kier molecular flexibility index (Phi) is 5.49. The van der Waals surface area contributed by atoms with E-state index < -0.39 is 5.60 Å². The highest BCUT2D eigenvalue weighted by atomic mass is 16.3. The predicted molar refractivity (Wildman–Crippen MR) is 103 cm³/mol. The molecule has 25 heavy (non-hydrogen) atoms. The van der Waals surface area contributed by atoms with Gasteiger partial charge in [-0.2, -0.15) is 0 Å². The van der Waals surface area contributed by atoms with E-state index in [2.05, 4.69) is 25.2 Å². The summed E-state index contributed by atoms with van der Waals surface area (Å²) < 4.78 is 0. The zero-order valence-corrected chi connectivity index (χ0v) is 16.6. The monoisotopic (exact) mass is 347 g/mol. The first-order valence-electron chi connectivity index (χ1n) is 10.2. The molecule has 0 aromatic carbocycles. The molecule has 4 aliphatic carbocycles. The van der Waals surface area contributed by atoms with Crippen molar-refractivity contribution in [3.63, 3.8) is 0 Å². The van der Waals surface area contributed by atoms with E-state index in [0.717, 1.165) is 38.5 Å². The van der Waals surface area contributed by atoms with Gasteiger partial charge in [0, 0.05) is 0 Å². The van der Waals surface area contributed by atoms with Gasteiger partial charge in [-0.15, -0.1) is 0 Å². The molecule has 0 radical (unpaired) electrons. The van der Waals surface area contributed by atoms with Gasteiger partial charge >= 0.3 is 0 Å². The van der Waals surface area contributed by atoms with E-state index in [0.29, 0.717) is 17.3 Å². The maximum atomic E-state index is 11.7. The van der Waals surface area contributed by atoms with Crippen LogP contribution in [0, 0.1) is 17.3 Å². The Morgan fingerprint density at radius 1 is 1.12 bits per heavy atom. The first kappa shape index (κ1) is 19.1. The van der Waals surface area contributed by atoms with Crippen LogP contribution in [-0.4, -0.2) is 36.0 Å². The molecule has 0 bridgehead atoms. The lowest BCUT2D eigenvalue weighted by Crippen LogP contribution is -2.48. The lowest BCUT2D eigenvalue weighted by molar-refractivity contribution is -0.0460. The van der Waals surface area contributed by atoms with Crippen LogP contribution in [0.5, 0.6) is 0 Å². The topological polar surface area (TPSA) is 52.5 Å². The average Bonchev–Trinajstić information content (AvgIpc) is 2.86. The molecule has 0 aliphatic heterocycles. The van der Waals surface area contributed by atoms with Crippen molar-refractivity contribution >= 4 is 0 Å². The lowest BCUT2D eigenvalue weighted by Gasteiger charge is -2.49. The minimum atomic E-state index is -0.608. The van der Waals surface area contributed by atoms with Crippen LogP contribution >= 0.6 is 0 Å². The lowest BCUT2D eigenvalue weighted by atomic mass is 9.59. The van der Waals surface area contributed by atoms with Gasteiger partial charge in [0.2, 0.25) is 0 Å². The fraction of sp³-hybridized carbons (Fsp3) is 0.818. The van der Waals surface area contributed by atoms with Crippen LogP contribution in [0.2, 0.25) is 0 Å². The van der Waals surface area contributed by atoms with E-state index in [-0.39, 0.29) is 6.10 Å². The van der Waals surface area contributed by atoms with Crippen LogP contribution in [0.15, 0.2) is 22.8 Å². The Labute approximate surface area is 153 Å². The predicted octanol–water partition coefficient (Wildman–Crippen LogP) is 3.96. The third kappa shape index (κ3) is 3.36. The number of aliphatic hydroxyl groups excluding tert-OH is 1. The normalized spacial score (nSPS) is 43.1. The SMILES string of the molecule is CC1=C2C=C3CC(O)CCC3CC[C@]2(O)C2CCCC2(C)C1.CNC. The number of hydrogen-bond donors (Lipinski definition) is 3. The third-order valence-electron chi connectivity index (χ3n) is 7.30. The molecule has 4 rings (SSSR count). The molecule has 0 amide bonds. The van der Waals surface area contributed by atoms with Crippen LogP contribution < -0.4 is 5.32 Å². The summed E-state index contributed by atoms with van der Waals surface area (Å²) in [5.41, 5.74) is 3.73. The van der Waals surface area contributed by atoms with Crippen molar-refractivity contribution in [1.29, 1.82) is 0 Å². The highest BCUT2D eigenvalue weighted by Crippen LogP contribution is 2.60. The van der Waals surface area contributed by atoms with Gasteiger partial charge in [0.1, 0.15) is 0 Å². The van der Waals surface area contributed by atoms with Gasteiger partial charge in [0.05, 0.1) is 11.7 Å². The Morgan fingerprint density at radius 3 is 2.56 bits per heavy atom. The van der Waals surface area contributed by atoms with Crippen molar-refractivity contribution in [2.24, 2.45) is 17.3 Å². The van der Waals surface area contributed by atoms with Crippen molar-refractivity contribution in [2.75, 3.05) is 14.1 Å². The molecule has 5 atom stereocenters. The van der Waals surface area contributed by atoms with Crippen molar-refractivity contribution in [3.8, 4) is 0 Å². The van der Waals surface area contributed by atoms with Crippen LogP contribution in [0.1, 0.15) is 71.6 Å². The zero-order valence-electron chi connectivity index (χ0n) is 16.6. The molecule has 0 saturated heterocycles. The third-order valence-corrected chi connectivity index (χ3v) is 7.30. The fourth-order valence-corrected chi connectivity index (χ4v) is 6.28. The van der Waals surface area contributed by atoms with Crippen molar-refractivity contribution in [3.05, 3.63) is 22.8 Å². The molecule has 0 aromatic heterocycles. The van der Waals surface area contributed by atoms with Gasteiger partial charge in [-0.1, -0.05) is 30.6 Å².